The summed E-state index contributed by atoms with van der Waals surface area (Å²) in [6, 6.07) is 0. The second-order valence-corrected chi connectivity index (χ2v) is 4.71. The molecule has 6 nitrogen and oxygen atoms in total. The first-order valence-electron chi connectivity index (χ1n) is 5.12. The Morgan fingerprint density at radius 1 is 1.39 bits per heavy atom. The zero-order valence-corrected chi connectivity index (χ0v) is 11.1. The van der Waals surface area contributed by atoms with Crippen molar-refractivity contribution in [3.8, 4) is 0 Å². The van der Waals surface area contributed by atoms with Crippen LogP contribution in [0.1, 0.15) is 26.5 Å². The molecule has 1 heterocycles. The number of nitrogens with two attached hydrogens (primary N) is 1. The minimum atomic E-state index is -0.856. The molecule has 0 aliphatic carbocycles. The molecule has 2 N–H and O–H groups in total. The van der Waals surface area contributed by atoms with E-state index in [2.05, 4.69) is 9.97 Å². The fourth-order valence-electron chi connectivity index (χ4n) is 0.956. The molecule has 0 saturated heterocycles. The molecule has 0 aromatic carbocycles. The van der Waals surface area contributed by atoms with Crippen molar-refractivity contribution in [3.05, 3.63) is 29.5 Å². The van der Waals surface area contributed by atoms with Gasteiger partial charge in [0.1, 0.15) is 17.6 Å². The number of hydrogen-bond acceptors (Lipinski definition) is 6. The molecule has 0 saturated carbocycles. The molecule has 7 heteroatoms. The van der Waals surface area contributed by atoms with Crippen LogP contribution in [0.2, 0.25) is 5.15 Å². The van der Waals surface area contributed by atoms with Crippen molar-refractivity contribution in [2.45, 2.75) is 26.4 Å². The molecule has 0 radical (unpaired) electrons. The van der Waals surface area contributed by atoms with Gasteiger partial charge in [0, 0.05) is 12.4 Å². The molecule has 1 aromatic heterocycles. The highest BCUT2D eigenvalue weighted by atomic mass is 35.5. The van der Waals surface area contributed by atoms with Crippen LogP contribution in [0.25, 0.3) is 5.70 Å². The number of carbonyl (C=O) groups is 1. The molecule has 0 bridgehead atoms. The Morgan fingerprint density at radius 2 is 2.00 bits per heavy atom. The van der Waals surface area contributed by atoms with Crippen molar-refractivity contribution < 1.29 is 14.3 Å². The van der Waals surface area contributed by atoms with E-state index in [9.17, 15) is 4.79 Å². The van der Waals surface area contributed by atoms with Gasteiger partial charge in [-0.05, 0) is 20.8 Å². The van der Waals surface area contributed by atoms with Crippen LogP contribution in [-0.2, 0) is 9.47 Å². The molecule has 98 valence electrons. The highest BCUT2D eigenvalue weighted by Crippen LogP contribution is 2.15. The number of halogens is 1. The smallest absolute Gasteiger partial charge is 0.428 e. The molecule has 0 unspecified atom stereocenters. The zero-order valence-electron chi connectivity index (χ0n) is 10.3. The lowest BCUT2D eigenvalue weighted by molar-refractivity contribution is 0.0112. The van der Waals surface area contributed by atoms with E-state index in [0.717, 1.165) is 6.26 Å². The van der Waals surface area contributed by atoms with Gasteiger partial charge in [0.25, 0.3) is 0 Å². The molecule has 0 aliphatic rings. The van der Waals surface area contributed by atoms with Crippen molar-refractivity contribution in [3.63, 3.8) is 0 Å². The van der Waals surface area contributed by atoms with Crippen molar-refractivity contribution in [1.82, 2.24) is 9.97 Å². The van der Waals surface area contributed by atoms with Crippen LogP contribution < -0.4 is 5.73 Å². The van der Waals surface area contributed by atoms with E-state index in [1.165, 1.54) is 12.4 Å². The monoisotopic (exact) mass is 271 g/mol. The highest BCUT2D eigenvalue weighted by molar-refractivity contribution is 6.30. The lowest BCUT2D eigenvalue weighted by Gasteiger charge is -2.17. The molecule has 0 aliphatic heterocycles. The fraction of sp³-hybridized carbons (Fsp3) is 0.364. The van der Waals surface area contributed by atoms with Crippen molar-refractivity contribution in [2.24, 2.45) is 5.73 Å². The second-order valence-electron chi connectivity index (χ2n) is 4.35. The number of carbonyl (C=O) groups excluding carboxylic acids is 1. The number of aromatic nitrogens is 2. The fourth-order valence-corrected chi connectivity index (χ4v) is 1.17. The first-order chi connectivity index (χ1) is 8.29. The Hall–Kier alpha value is -1.82. The van der Waals surface area contributed by atoms with Gasteiger partial charge in [-0.3, -0.25) is 0 Å². The van der Waals surface area contributed by atoms with Gasteiger partial charge in [0.05, 0.1) is 5.70 Å². The van der Waals surface area contributed by atoms with Gasteiger partial charge in [0.2, 0.25) is 0 Å². The number of ether oxygens (including phenoxy) is 2. The molecule has 0 amide bonds. The topological polar surface area (TPSA) is 87.3 Å². The first-order valence-corrected chi connectivity index (χ1v) is 5.49. The van der Waals surface area contributed by atoms with Gasteiger partial charge in [-0.2, -0.15) is 0 Å². The predicted octanol–water partition coefficient (Wildman–Crippen LogP) is 2.34. The Balaban J connectivity index is 2.69. The molecule has 0 spiro atoms. The van der Waals surface area contributed by atoms with Gasteiger partial charge < -0.3 is 15.2 Å². The van der Waals surface area contributed by atoms with E-state index in [-0.39, 0.29) is 16.5 Å². The second kappa shape index (κ2) is 5.68. The van der Waals surface area contributed by atoms with Crippen LogP contribution in [0.3, 0.4) is 0 Å². The number of nitrogens with zero attached hydrogens (tertiary/aromatic N) is 2. The first kappa shape index (κ1) is 14.2. The lowest BCUT2D eigenvalue weighted by Crippen LogP contribution is -2.23. The summed E-state index contributed by atoms with van der Waals surface area (Å²) >= 11 is 5.77. The maximum atomic E-state index is 11.3. The van der Waals surface area contributed by atoms with E-state index in [0.29, 0.717) is 0 Å². The molecule has 18 heavy (non-hydrogen) atoms. The van der Waals surface area contributed by atoms with E-state index in [1.807, 2.05) is 0 Å². The summed E-state index contributed by atoms with van der Waals surface area (Å²) in [5.41, 5.74) is 5.34. The highest BCUT2D eigenvalue weighted by Gasteiger charge is 2.17. The molecule has 0 atom stereocenters. The van der Waals surface area contributed by atoms with Crippen molar-refractivity contribution in [2.75, 3.05) is 0 Å². The van der Waals surface area contributed by atoms with Crippen LogP contribution in [0.4, 0.5) is 4.79 Å². The van der Waals surface area contributed by atoms with Crippen LogP contribution in [0.5, 0.6) is 0 Å². The van der Waals surface area contributed by atoms with E-state index >= 15 is 0 Å². The van der Waals surface area contributed by atoms with Crippen molar-refractivity contribution >= 4 is 23.5 Å². The molecule has 1 rings (SSSR count). The van der Waals surface area contributed by atoms with Gasteiger partial charge in [-0.1, -0.05) is 11.6 Å². The Labute approximate surface area is 110 Å². The number of hydrogen-bond donors (Lipinski definition) is 1. The Bertz CT molecular complexity index is 469. The maximum Gasteiger partial charge on any atom is 0.513 e. The molecule has 1 aromatic rings. The summed E-state index contributed by atoms with van der Waals surface area (Å²) in [7, 11) is 0. The normalized spacial score (nSPS) is 12.1. The van der Waals surface area contributed by atoms with Crippen LogP contribution in [0, 0.1) is 0 Å². The number of rotatable bonds is 2. The lowest BCUT2D eigenvalue weighted by atomic mass is 10.2. The van der Waals surface area contributed by atoms with E-state index in [1.54, 1.807) is 20.8 Å². The van der Waals surface area contributed by atoms with Gasteiger partial charge >= 0.3 is 6.16 Å². The van der Waals surface area contributed by atoms with Gasteiger partial charge in [-0.15, -0.1) is 0 Å². The maximum absolute atomic E-state index is 11.3. The zero-order chi connectivity index (χ0) is 13.8. The summed E-state index contributed by atoms with van der Waals surface area (Å²) in [5.74, 6) is 0. The predicted molar refractivity (Wildman–Crippen MR) is 66.5 cm³/mol. The summed E-state index contributed by atoms with van der Waals surface area (Å²) in [5, 5.41) is 0.124. The minimum Gasteiger partial charge on any atom is -0.428 e. The van der Waals surface area contributed by atoms with Crippen LogP contribution in [-0.4, -0.2) is 21.7 Å². The third-order valence-electron chi connectivity index (χ3n) is 1.60. The molecular weight excluding hydrogens is 258 g/mol. The summed E-state index contributed by atoms with van der Waals surface area (Å²) in [4.78, 5) is 19.0. The molecule has 0 fully saturated rings. The third kappa shape index (κ3) is 4.58. The van der Waals surface area contributed by atoms with Crippen LogP contribution in [0.15, 0.2) is 18.7 Å². The minimum absolute atomic E-state index is 0.0824. The van der Waals surface area contributed by atoms with Crippen LogP contribution >= 0.6 is 11.6 Å². The average molecular weight is 272 g/mol. The molecular formula is C11H14ClN3O3. The Kier molecular flexibility index (Phi) is 4.49. The SMILES string of the molecule is CC(C)(C)OC(=O)O/C=C(\N)c1nccnc1Cl. The van der Waals surface area contributed by atoms with Gasteiger partial charge in [0.15, 0.2) is 5.15 Å². The van der Waals surface area contributed by atoms with E-state index < -0.39 is 11.8 Å². The van der Waals surface area contributed by atoms with E-state index in [4.69, 9.17) is 26.8 Å². The van der Waals surface area contributed by atoms with Crippen molar-refractivity contribution in [1.29, 1.82) is 0 Å². The summed E-state index contributed by atoms with van der Waals surface area (Å²) in [6.45, 7) is 5.17. The van der Waals surface area contributed by atoms with Gasteiger partial charge in [-0.25, -0.2) is 14.8 Å². The quantitative estimate of drug-likeness (QED) is 0.656. The standard InChI is InChI=1S/C11H14ClN3O3/c1-11(2,3)18-10(16)17-6-7(13)8-9(12)15-5-4-14-8/h4-6H,13H2,1-3H3/b7-6-. The third-order valence-corrected chi connectivity index (χ3v) is 1.88. The summed E-state index contributed by atoms with van der Waals surface area (Å²) in [6.07, 6.45) is 3.01. The largest absolute Gasteiger partial charge is 0.513 e. The average Bonchev–Trinajstić information content (AvgIpc) is 2.24. The summed E-state index contributed by atoms with van der Waals surface area (Å²) < 4.78 is 9.64. The Morgan fingerprint density at radius 3 is 2.56 bits per heavy atom.